The maximum atomic E-state index is 14.5. The molecule has 0 spiro atoms. The summed E-state index contributed by atoms with van der Waals surface area (Å²) in [5.74, 6) is -6.46. The predicted octanol–water partition coefficient (Wildman–Crippen LogP) is -2.85. The number of aromatic amines is 6. The van der Waals surface area contributed by atoms with Gasteiger partial charge in [0.1, 0.15) is 36.3 Å². The number of imidazole rings is 6. The molecule has 6 heterocycles. The van der Waals surface area contributed by atoms with Gasteiger partial charge in [-0.15, -0.1) is 0 Å². The van der Waals surface area contributed by atoms with Crippen molar-refractivity contribution in [2.24, 2.45) is 11.7 Å². The van der Waals surface area contributed by atoms with E-state index in [1.165, 1.54) is 75.1 Å². The topological polar surface area (TPSA) is 410 Å². The number of aliphatic carboxylic acids is 1. The average Bonchev–Trinajstić information content (AvgIpc) is 4.19. The molecule has 6 amide bonds. The second-order valence-corrected chi connectivity index (χ2v) is 16.3. The summed E-state index contributed by atoms with van der Waals surface area (Å²) in [7, 11) is 0. The lowest BCUT2D eigenvalue weighted by Gasteiger charge is -2.28. The number of hydrogen-bond acceptors (Lipinski definition) is 14. The summed E-state index contributed by atoms with van der Waals surface area (Å²) >= 11 is 0. The van der Waals surface area contributed by atoms with Crippen LogP contribution < -0.4 is 37.6 Å². The molecule has 0 unspecified atom stereocenters. The van der Waals surface area contributed by atoms with Crippen molar-refractivity contribution in [3.63, 3.8) is 0 Å². The Labute approximate surface area is 393 Å². The number of carbonyl (C=O) groups excluding carboxylic acids is 6. The molecule has 8 atom stereocenters. The molecule has 366 valence electrons. The van der Waals surface area contributed by atoms with Crippen molar-refractivity contribution in [1.29, 1.82) is 0 Å². The molecule has 0 radical (unpaired) electrons. The quantitative estimate of drug-likeness (QED) is 0.0247. The number of amides is 6. The van der Waals surface area contributed by atoms with Gasteiger partial charge in [-0.05, 0) is 5.92 Å². The second-order valence-electron chi connectivity index (χ2n) is 16.3. The fraction of sp³-hybridized carbons (Fsp3) is 0.405. The number of nitrogens with zero attached hydrogens (tertiary/aromatic N) is 6. The number of H-pyrrole nitrogens is 6. The van der Waals surface area contributed by atoms with Gasteiger partial charge in [0.15, 0.2) is 0 Å². The highest BCUT2D eigenvalue weighted by molar-refractivity contribution is 5.97. The number of aromatic nitrogens is 12. The van der Waals surface area contributed by atoms with Crippen LogP contribution in [0.1, 0.15) is 54.4 Å². The van der Waals surface area contributed by atoms with Gasteiger partial charge in [-0.2, -0.15) is 0 Å². The van der Waals surface area contributed by atoms with Gasteiger partial charge in [0.05, 0.1) is 44.0 Å². The zero-order valence-corrected chi connectivity index (χ0v) is 37.6. The average molecular weight is 954 g/mol. The van der Waals surface area contributed by atoms with E-state index in [2.05, 4.69) is 91.7 Å². The largest absolute Gasteiger partial charge is 0.480 e. The van der Waals surface area contributed by atoms with Crippen molar-refractivity contribution < 1.29 is 38.7 Å². The molecule has 27 heteroatoms. The summed E-state index contributed by atoms with van der Waals surface area (Å²) < 4.78 is 0. The van der Waals surface area contributed by atoms with Gasteiger partial charge in [0.2, 0.25) is 35.4 Å². The number of rotatable bonds is 27. The standard InChI is InChI=1S/C42H55N19O8/c1-3-22(2)35(42(68)69)61-41(67)34(9-28-15-49-21-55-28)60-40(66)33(8-27-14-48-20-54-27)59-39(65)32(7-26-13-47-19-53-26)58-38(64)31(6-25-12-46-18-52-25)57-37(63)30(5-24-11-45-17-51-24)56-36(62)29(43)4-23-10-44-16-50-23/h10-22,29-35H,3-9,43H2,1-2H3,(H,44,50)(H,45,51)(H,46,52)(H,47,53)(H,48,54)(H,49,55)(H,56,62)(H,57,63)(H,58,64)(H,59,65)(H,60,66)(H,61,67)(H,68,69)/t22-,29-,30-,31-,32-,33-,34-,35-/m0/s1. The van der Waals surface area contributed by atoms with Gasteiger partial charge in [-0.3, -0.25) is 28.8 Å². The van der Waals surface area contributed by atoms with Crippen molar-refractivity contribution in [3.05, 3.63) is 109 Å². The Morgan fingerprint density at radius 3 is 0.928 bits per heavy atom. The fourth-order valence-electron chi connectivity index (χ4n) is 7.16. The Hall–Kier alpha value is -8.49. The fourth-order valence-corrected chi connectivity index (χ4v) is 7.16. The van der Waals surface area contributed by atoms with Crippen molar-refractivity contribution in [2.75, 3.05) is 0 Å². The zero-order valence-electron chi connectivity index (χ0n) is 37.6. The summed E-state index contributed by atoms with van der Waals surface area (Å²) in [4.78, 5) is 138. The van der Waals surface area contributed by atoms with Crippen LogP contribution in [0.3, 0.4) is 0 Å². The normalized spacial score (nSPS) is 14.7. The molecular weight excluding hydrogens is 899 g/mol. The van der Waals surface area contributed by atoms with Gasteiger partial charge in [-0.1, -0.05) is 20.3 Å². The third kappa shape index (κ3) is 14.8. The highest BCUT2D eigenvalue weighted by Gasteiger charge is 2.35. The predicted molar refractivity (Wildman–Crippen MR) is 240 cm³/mol. The van der Waals surface area contributed by atoms with Crippen molar-refractivity contribution in [2.45, 2.75) is 101 Å². The van der Waals surface area contributed by atoms with Crippen molar-refractivity contribution in [3.8, 4) is 0 Å². The lowest BCUT2D eigenvalue weighted by Crippen LogP contribution is -2.61. The van der Waals surface area contributed by atoms with Gasteiger partial charge in [0.25, 0.3) is 0 Å². The number of hydrogen-bond donors (Lipinski definition) is 14. The number of nitrogens with two attached hydrogens (primary N) is 1. The highest BCUT2D eigenvalue weighted by atomic mass is 16.4. The Balaban J connectivity index is 1.23. The zero-order chi connectivity index (χ0) is 49.3. The van der Waals surface area contributed by atoms with Crippen LogP contribution in [0, 0.1) is 5.92 Å². The van der Waals surface area contributed by atoms with Crippen LogP contribution in [0.2, 0.25) is 0 Å². The summed E-state index contributed by atoms with van der Waals surface area (Å²) in [6.07, 6.45) is 17.0. The third-order valence-corrected chi connectivity index (χ3v) is 11.2. The molecule has 69 heavy (non-hydrogen) atoms. The molecule has 0 bridgehead atoms. The van der Waals surface area contributed by atoms with E-state index in [4.69, 9.17) is 5.73 Å². The van der Waals surface area contributed by atoms with E-state index in [0.29, 0.717) is 40.6 Å². The Bertz CT molecular complexity index is 2530. The maximum absolute atomic E-state index is 14.5. The van der Waals surface area contributed by atoms with E-state index in [1.54, 1.807) is 13.8 Å². The van der Waals surface area contributed by atoms with E-state index in [9.17, 15) is 38.7 Å². The summed E-state index contributed by atoms with van der Waals surface area (Å²) in [6.45, 7) is 3.45. The van der Waals surface area contributed by atoms with Crippen LogP contribution >= 0.6 is 0 Å². The third-order valence-electron chi connectivity index (χ3n) is 11.2. The molecule has 6 rings (SSSR count). The van der Waals surface area contributed by atoms with Crippen LogP contribution in [-0.2, 0) is 72.1 Å². The van der Waals surface area contributed by atoms with Gasteiger partial charge < -0.3 is 72.6 Å². The summed E-state index contributed by atoms with van der Waals surface area (Å²) in [5, 5.41) is 25.9. The van der Waals surface area contributed by atoms with E-state index < -0.39 is 89.6 Å². The summed E-state index contributed by atoms with van der Waals surface area (Å²) in [6, 6.07) is -9.17. The van der Waals surface area contributed by atoms with Crippen LogP contribution in [0.4, 0.5) is 0 Å². The molecule has 0 aliphatic rings. The van der Waals surface area contributed by atoms with Crippen LogP contribution in [-0.4, -0.2) is 149 Å². The smallest absolute Gasteiger partial charge is 0.326 e. The van der Waals surface area contributed by atoms with E-state index in [1.807, 2.05) is 0 Å². The van der Waals surface area contributed by atoms with Gasteiger partial charge in [-0.25, -0.2) is 34.7 Å². The first-order chi connectivity index (χ1) is 33.3. The number of carboxylic acid groups (broad SMARTS) is 1. The number of carboxylic acids is 1. The first kappa shape index (κ1) is 49.9. The molecule has 0 saturated carbocycles. The minimum Gasteiger partial charge on any atom is -0.480 e. The minimum absolute atomic E-state index is 0.0696. The van der Waals surface area contributed by atoms with Gasteiger partial charge in [0, 0.05) is 110 Å². The molecule has 6 aromatic rings. The SMILES string of the molecule is CC[C@H](C)[C@H](NC(=O)[C@H](Cc1cnc[nH]1)NC(=O)[C@H](Cc1cnc[nH]1)NC(=O)[C@H](Cc1cnc[nH]1)NC(=O)[C@H](Cc1cnc[nH]1)NC(=O)[C@H](Cc1cnc[nH]1)NC(=O)[C@@H](N)Cc1cnc[nH]1)C(=O)O. The first-order valence-corrected chi connectivity index (χ1v) is 21.9. The van der Waals surface area contributed by atoms with Crippen LogP contribution in [0.25, 0.3) is 0 Å². The monoisotopic (exact) mass is 953 g/mol. The molecule has 0 aliphatic heterocycles. The Morgan fingerprint density at radius 1 is 0.449 bits per heavy atom. The molecule has 0 aromatic carbocycles. The molecular formula is C42H55N19O8. The lowest BCUT2D eigenvalue weighted by atomic mass is 9.98. The molecule has 15 N–H and O–H groups in total. The molecule has 0 saturated heterocycles. The maximum Gasteiger partial charge on any atom is 0.326 e. The Morgan fingerprint density at radius 2 is 0.696 bits per heavy atom. The van der Waals surface area contributed by atoms with Crippen molar-refractivity contribution in [1.82, 2.24) is 91.7 Å². The lowest BCUT2D eigenvalue weighted by molar-refractivity contribution is -0.143. The van der Waals surface area contributed by atoms with E-state index in [-0.39, 0.29) is 38.5 Å². The van der Waals surface area contributed by atoms with Crippen LogP contribution in [0.15, 0.2) is 75.1 Å². The van der Waals surface area contributed by atoms with Crippen LogP contribution in [0.5, 0.6) is 0 Å². The van der Waals surface area contributed by atoms with E-state index >= 15 is 0 Å². The molecule has 0 aliphatic carbocycles. The Kier molecular flexibility index (Phi) is 17.6. The molecule has 6 aromatic heterocycles. The molecule has 0 fully saturated rings. The molecule has 27 nitrogen and oxygen atoms in total. The second kappa shape index (κ2) is 24.3. The highest BCUT2D eigenvalue weighted by Crippen LogP contribution is 2.12. The van der Waals surface area contributed by atoms with E-state index in [0.717, 1.165) is 0 Å². The number of carbonyl (C=O) groups is 7. The minimum atomic E-state index is -1.42. The number of nitrogens with one attached hydrogen (secondary N) is 12. The summed E-state index contributed by atoms with van der Waals surface area (Å²) in [5.41, 5.74) is 9.00. The first-order valence-electron chi connectivity index (χ1n) is 21.9. The van der Waals surface area contributed by atoms with Gasteiger partial charge >= 0.3 is 5.97 Å². The van der Waals surface area contributed by atoms with Crippen molar-refractivity contribution >= 4 is 41.4 Å².